The van der Waals surface area contributed by atoms with E-state index in [0.717, 1.165) is 30.7 Å². The molecule has 0 saturated heterocycles. The first-order chi connectivity index (χ1) is 15.9. The fourth-order valence-corrected chi connectivity index (χ4v) is 5.15. The largest absolute Gasteiger partial charge is 0.349 e. The molecule has 2 aromatic heterocycles. The number of amides is 2. The van der Waals surface area contributed by atoms with Gasteiger partial charge in [0, 0.05) is 23.3 Å². The summed E-state index contributed by atoms with van der Waals surface area (Å²) >= 11 is 6.01. The number of carbonyl (C=O) groups is 2. The minimum Gasteiger partial charge on any atom is -0.349 e. The third-order valence-corrected chi connectivity index (χ3v) is 7.11. The number of nitrogens with one attached hydrogen (secondary N) is 2. The summed E-state index contributed by atoms with van der Waals surface area (Å²) in [5, 5.41) is 10.5. The maximum Gasteiger partial charge on any atom is 0.256 e. The van der Waals surface area contributed by atoms with E-state index < -0.39 is 5.82 Å². The van der Waals surface area contributed by atoms with Crippen molar-refractivity contribution >= 4 is 34.7 Å². The number of benzene rings is 1. The lowest BCUT2D eigenvalue weighted by Gasteiger charge is -2.28. The molecular weight excluding hydrogens is 445 g/mol. The highest BCUT2D eigenvalue weighted by atomic mass is 35.5. The summed E-state index contributed by atoms with van der Waals surface area (Å²) in [6, 6.07) is 3.89. The molecule has 7 nitrogen and oxygen atoms in total. The lowest BCUT2D eigenvalue weighted by Crippen LogP contribution is -2.39. The van der Waals surface area contributed by atoms with E-state index in [0.29, 0.717) is 42.6 Å². The summed E-state index contributed by atoms with van der Waals surface area (Å²) in [5.41, 5.74) is 4.87. The van der Waals surface area contributed by atoms with Gasteiger partial charge in [0.25, 0.3) is 5.91 Å². The van der Waals surface area contributed by atoms with Gasteiger partial charge in [-0.2, -0.15) is 5.10 Å². The Bertz CT molecular complexity index is 1250. The monoisotopic (exact) mass is 469 g/mol. The van der Waals surface area contributed by atoms with Gasteiger partial charge >= 0.3 is 0 Å². The number of anilines is 1. The molecule has 5 rings (SSSR count). The Kier molecular flexibility index (Phi) is 5.78. The van der Waals surface area contributed by atoms with Gasteiger partial charge < -0.3 is 10.6 Å². The van der Waals surface area contributed by atoms with Crippen molar-refractivity contribution in [1.82, 2.24) is 19.9 Å². The van der Waals surface area contributed by atoms with Gasteiger partial charge in [-0.3, -0.25) is 9.59 Å². The lowest BCUT2D eigenvalue weighted by molar-refractivity contribution is -0.120. The lowest BCUT2D eigenvalue weighted by atomic mass is 9.85. The van der Waals surface area contributed by atoms with Gasteiger partial charge in [0.05, 0.1) is 16.9 Å². The molecule has 1 fully saturated rings. The van der Waals surface area contributed by atoms with E-state index in [1.54, 1.807) is 10.7 Å². The standard InChI is InChI=1S/C24H25ClFN5O2/c1-13-17-3-2-4-20(17)29-22-18(12-27-31(13)22)24(33)28-16-8-5-14(6-9-16)23(32)30-21-10-7-15(26)11-19(21)25/h7,10-12,14,16H,2-6,8-9H2,1H3,(H,28,33)(H,30,32)/t14-,16-. The second kappa shape index (κ2) is 8.74. The van der Waals surface area contributed by atoms with Crippen LogP contribution in [-0.2, 0) is 17.6 Å². The van der Waals surface area contributed by atoms with Crippen molar-refractivity contribution in [3.8, 4) is 0 Å². The molecule has 9 heteroatoms. The van der Waals surface area contributed by atoms with Crippen LogP contribution in [0.3, 0.4) is 0 Å². The number of hydrogen-bond acceptors (Lipinski definition) is 4. The number of rotatable bonds is 4. The normalized spacial score (nSPS) is 20.0. The van der Waals surface area contributed by atoms with Crippen LogP contribution in [0.2, 0.25) is 5.02 Å². The maximum atomic E-state index is 13.2. The van der Waals surface area contributed by atoms with Gasteiger partial charge in [-0.15, -0.1) is 0 Å². The Morgan fingerprint density at radius 3 is 2.73 bits per heavy atom. The number of carbonyl (C=O) groups excluding carboxylic acids is 2. The van der Waals surface area contributed by atoms with E-state index in [4.69, 9.17) is 16.6 Å². The highest BCUT2D eigenvalue weighted by Crippen LogP contribution is 2.29. The third-order valence-electron chi connectivity index (χ3n) is 6.79. The average molecular weight is 470 g/mol. The molecule has 172 valence electrons. The van der Waals surface area contributed by atoms with Gasteiger partial charge in [-0.25, -0.2) is 13.9 Å². The SMILES string of the molecule is Cc1c2c(nc3c(C(=O)N[C@H]4CC[C@H](C(=O)Nc5ccc(F)cc5Cl)CC4)cnn13)CCC2. The molecule has 0 unspecified atom stereocenters. The highest BCUT2D eigenvalue weighted by Gasteiger charge is 2.29. The van der Waals surface area contributed by atoms with E-state index in [2.05, 4.69) is 15.7 Å². The van der Waals surface area contributed by atoms with Crippen molar-refractivity contribution in [3.63, 3.8) is 0 Å². The van der Waals surface area contributed by atoms with Crippen molar-refractivity contribution in [2.45, 2.75) is 57.9 Å². The van der Waals surface area contributed by atoms with E-state index in [-0.39, 0.29) is 28.8 Å². The molecule has 0 bridgehead atoms. The minimum atomic E-state index is -0.449. The molecule has 2 heterocycles. The third kappa shape index (κ3) is 4.19. The first-order valence-corrected chi connectivity index (χ1v) is 11.7. The zero-order valence-electron chi connectivity index (χ0n) is 18.3. The fraction of sp³-hybridized carbons (Fsp3) is 0.417. The van der Waals surface area contributed by atoms with Crippen LogP contribution in [0.4, 0.5) is 10.1 Å². The molecule has 0 atom stereocenters. The second-order valence-corrected chi connectivity index (χ2v) is 9.31. The van der Waals surface area contributed by atoms with E-state index in [9.17, 15) is 14.0 Å². The Morgan fingerprint density at radius 2 is 1.97 bits per heavy atom. The first kappa shape index (κ1) is 21.8. The van der Waals surface area contributed by atoms with Crippen LogP contribution in [0.5, 0.6) is 0 Å². The zero-order valence-corrected chi connectivity index (χ0v) is 19.1. The molecule has 0 radical (unpaired) electrons. The Morgan fingerprint density at radius 1 is 1.18 bits per heavy atom. The fourth-order valence-electron chi connectivity index (χ4n) is 4.94. The molecule has 2 aliphatic carbocycles. The minimum absolute atomic E-state index is 0.0126. The van der Waals surface area contributed by atoms with Crippen LogP contribution in [0, 0.1) is 18.7 Å². The summed E-state index contributed by atoms with van der Waals surface area (Å²) < 4.78 is 15.0. The average Bonchev–Trinajstić information content (AvgIpc) is 3.44. The summed E-state index contributed by atoms with van der Waals surface area (Å²) in [5.74, 6) is -0.941. The molecule has 1 aromatic carbocycles. The van der Waals surface area contributed by atoms with Gasteiger partial charge in [-0.05, 0) is 75.6 Å². The van der Waals surface area contributed by atoms with Crippen LogP contribution >= 0.6 is 11.6 Å². The number of aromatic nitrogens is 3. The number of aryl methyl sites for hydroxylation is 2. The van der Waals surface area contributed by atoms with Crippen LogP contribution in [0.15, 0.2) is 24.4 Å². The number of hydrogen-bond donors (Lipinski definition) is 2. The van der Waals surface area contributed by atoms with Crippen molar-refractivity contribution in [2.75, 3.05) is 5.32 Å². The number of nitrogens with zero attached hydrogens (tertiary/aromatic N) is 3. The quantitative estimate of drug-likeness (QED) is 0.598. The second-order valence-electron chi connectivity index (χ2n) is 8.91. The number of fused-ring (bicyclic) bond motifs is 2. The van der Waals surface area contributed by atoms with Gasteiger partial charge in [0.1, 0.15) is 11.4 Å². The smallest absolute Gasteiger partial charge is 0.256 e. The zero-order chi connectivity index (χ0) is 23.1. The van der Waals surface area contributed by atoms with Crippen molar-refractivity contribution in [2.24, 2.45) is 5.92 Å². The molecule has 2 aliphatic rings. The number of halogens is 2. The maximum absolute atomic E-state index is 13.2. The molecule has 33 heavy (non-hydrogen) atoms. The summed E-state index contributed by atoms with van der Waals surface area (Å²) in [6.07, 6.45) is 7.31. The Balaban J connectivity index is 1.20. The highest BCUT2D eigenvalue weighted by molar-refractivity contribution is 6.33. The predicted molar refractivity (Wildman–Crippen MR) is 123 cm³/mol. The summed E-state index contributed by atoms with van der Waals surface area (Å²) in [4.78, 5) is 30.3. The molecule has 3 aromatic rings. The summed E-state index contributed by atoms with van der Waals surface area (Å²) in [7, 11) is 0. The van der Waals surface area contributed by atoms with Crippen molar-refractivity contribution < 1.29 is 14.0 Å². The molecule has 0 spiro atoms. The molecule has 2 N–H and O–H groups in total. The van der Waals surface area contributed by atoms with Crippen molar-refractivity contribution in [1.29, 1.82) is 0 Å². The molecule has 0 aliphatic heterocycles. The first-order valence-electron chi connectivity index (χ1n) is 11.3. The molecular formula is C24H25ClFN5O2. The Hall–Kier alpha value is -3.00. The van der Waals surface area contributed by atoms with Crippen LogP contribution in [-0.4, -0.2) is 32.5 Å². The van der Waals surface area contributed by atoms with Crippen LogP contribution < -0.4 is 10.6 Å². The van der Waals surface area contributed by atoms with Gasteiger partial charge in [0.15, 0.2) is 5.65 Å². The summed E-state index contributed by atoms with van der Waals surface area (Å²) in [6.45, 7) is 2.03. The molecule has 1 saturated carbocycles. The van der Waals surface area contributed by atoms with Crippen LogP contribution in [0.25, 0.3) is 5.65 Å². The topological polar surface area (TPSA) is 88.4 Å². The Labute approximate surface area is 195 Å². The van der Waals surface area contributed by atoms with E-state index >= 15 is 0 Å². The van der Waals surface area contributed by atoms with Crippen LogP contribution in [0.1, 0.15) is 59.4 Å². The van der Waals surface area contributed by atoms with E-state index in [1.165, 1.54) is 23.8 Å². The van der Waals surface area contributed by atoms with Gasteiger partial charge in [0.2, 0.25) is 5.91 Å². The predicted octanol–water partition coefficient (Wildman–Crippen LogP) is 4.25. The molecule has 2 amide bonds. The van der Waals surface area contributed by atoms with E-state index in [1.807, 2.05) is 6.92 Å². The van der Waals surface area contributed by atoms with Gasteiger partial charge in [-0.1, -0.05) is 11.6 Å². The van der Waals surface area contributed by atoms with Crippen molar-refractivity contribution in [3.05, 3.63) is 57.8 Å².